The first kappa shape index (κ1) is 32.8. The third kappa shape index (κ3) is 6.54. The van der Waals surface area contributed by atoms with Gasteiger partial charge in [-0.25, -0.2) is 22.9 Å². The lowest BCUT2D eigenvalue weighted by molar-refractivity contribution is -0.115. The molecule has 3 amide bonds. The molecule has 5 rings (SSSR count). The van der Waals surface area contributed by atoms with Crippen LogP contribution in [0.4, 0.5) is 29.3 Å². The third-order valence-corrected chi connectivity index (χ3v) is 9.54. The van der Waals surface area contributed by atoms with Gasteiger partial charge >= 0.3 is 11.5 Å². The number of rotatable bonds is 7. The van der Waals surface area contributed by atoms with Gasteiger partial charge in [0.2, 0.25) is 5.91 Å². The van der Waals surface area contributed by atoms with Crippen molar-refractivity contribution in [1.29, 1.82) is 0 Å². The Morgan fingerprint density at radius 3 is 2.46 bits per heavy atom. The second kappa shape index (κ2) is 12.7. The van der Waals surface area contributed by atoms with Crippen molar-refractivity contribution in [2.75, 3.05) is 23.1 Å². The molecule has 4 aromatic rings. The van der Waals surface area contributed by atoms with E-state index in [1.165, 1.54) is 28.0 Å². The number of anilines is 2. The predicted octanol–water partition coefficient (Wildman–Crippen LogP) is 6.22. The van der Waals surface area contributed by atoms with Crippen LogP contribution in [0.25, 0.3) is 17.1 Å². The summed E-state index contributed by atoms with van der Waals surface area (Å²) in [6.45, 7) is 5.53. The molecule has 1 aromatic heterocycles. The van der Waals surface area contributed by atoms with Crippen molar-refractivity contribution >= 4 is 50.1 Å². The number of carbonyl (C=O) groups excluding carboxylic acids is 2. The molecule has 1 saturated heterocycles. The molecule has 1 fully saturated rings. The van der Waals surface area contributed by atoms with Gasteiger partial charge in [-0.2, -0.15) is 18.2 Å². The number of aromatic nitrogens is 3. The van der Waals surface area contributed by atoms with Gasteiger partial charge in [-0.1, -0.05) is 23.9 Å². The maximum atomic E-state index is 13.0. The molecule has 0 aliphatic carbocycles. The number of carbonyl (C=O) groups is 2. The highest BCUT2D eigenvalue weighted by molar-refractivity contribution is 8.15. The summed E-state index contributed by atoms with van der Waals surface area (Å²) in [6, 6.07) is 14.1. The number of sulfone groups is 1. The molecule has 0 bridgehead atoms. The highest BCUT2D eigenvalue weighted by Crippen LogP contribution is 2.35. The van der Waals surface area contributed by atoms with Crippen LogP contribution in [0.15, 0.2) is 76.9 Å². The molecular weight excluding hydrogens is 645 g/mol. The molecule has 1 atom stereocenters. The molecule has 16 heteroatoms. The zero-order valence-electron chi connectivity index (χ0n) is 24.9. The fourth-order valence-corrected chi connectivity index (χ4v) is 6.22. The van der Waals surface area contributed by atoms with Gasteiger partial charge < -0.3 is 10.1 Å². The Labute approximate surface area is 266 Å². The number of hydrogen-bond donors (Lipinski definition) is 1. The summed E-state index contributed by atoms with van der Waals surface area (Å²) < 4.78 is 68.6. The van der Waals surface area contributed by atoms with Gasteiger partial charge in [-0.3, -0.25) is 9.69 Å². The Kier molecular flexibility index (Phi) is 9.06. The molecule has 1 aliphatic heterocycles. The minimum absolute atomic E-state index is 0.130. The van der Waals surface area contributed by atoms with Crippen LogP contribution in [0.2, 0.25) is 0 Å². The standard InChI is InChI=1S/C30H27F3N6O5S2/c1-17-5-11-23(19(3)44-4)25(13-17)39-26(40)15-45-29(39)36-28(41)35-24-12-6-20(14-18(24)2)27-34-16-38(37-27)21-7-9-22(10-8-21)46(42,43)30(31,32)33/h5-14,16,19H,15H2,1-4H3,(H,35,41)/b36-29-. The summed E-state index contributed by atoms with van der Waals surface area (Å²) in [6.07, 6.45) is 1.04. The first-order chi connectivity index (χ1) is 21.7. The Morgan fingerprint density at radius 2 is 1.80 bits per heavy atom. The van der Waals surface area contributed by atoms with E-state index < -0.39 is 26.3 Å². The smallest absolute Gasteiger partial charge is 0.377 e. The summed E-state index contributed by atoms with van der Waals surface area (Å²) >= 11 is 1.16. The number of amidine groups is 1. The van der Waals surface area contributed by atoms with E-state index >= 15 is 0 Å². The number of nitrogens with one attached hydrogen (secondary N) is 1. The number of hydrogen-bond acceptors (Lipinski definition) is 8. The molecular formula is C30H27F3N6O5S2. The topological polar surface area (TPSA) is 136 Å². The van der Waals surface area contributed by atoms with E-state index in [9.17, 15) is 31.2 Å². The number of amides is 3. The number of methoxy groups -OCH3 is 1. The first-order valence-corrected chi connectivity index (χ1v) is 16.1. The average Bonchev–Trinajstić information content (AvgIpc) is 3.64. The maximum absolute atomic E-state index is 13.0. The molecule has 2 heterocycles. The molecule has 0 spiro atoms. The van der Waals surface area contributed by atoms with Gasteiger partial charge in [0.15, 0.2) is 11.0 Å². The van der Waals surface area contributed by atoms with Gasteiger partial charge in [0.1, 0.15) is 6.33 Å². The number of nitrogens with zero attached hydrogens (tertiary/aromatic N) is 5. The maximum Gasteiger partial charge on any atom is 0.501 e. The molecule has 0 saturated carbocycles. The fraction of sp³-hybridized carbons (Fsp3) is 0.233. The SMILES string of the molecule is COC(C)c1ccc(C)cc1N1C(=O)CS/C1=N\C(=O)Nc1ccc(-c2ncn(-c3ccc(S(=O)(=O)C(F)(F)F)cc3)n2)cc1C. The Balaban J connectivity index is 1.32. The number of aliphatic imine (C=N–C) groups is 1. The zero-order chi connectivity index (χ0) is 33.4. The van der Waals surface area contributed by atoms with E-state index in [2.05, 4.69) is 20.4 Å². The van der Waals surface area contributed by atoms with Gasteiger partial charge in [0, 0.05) is 23.9 Å². The molecule has 1 unspecified atom stereocenters. The van der Waals surface area contributed by atoms with Crippen molar-refractivity contribution in [3.05, 3.63) is 83.7 Å². The quantitative estimate of drug-likeness (QED) is 0.245. The van der Waals surface area contributed by atoms with E-state index in [0.717, 1.165) is 35.0 Å². The first-order valence-electron chi connectivity index (χ1n) is 13.6. The summed E-state index contributed by atoms with van der Waals surface area (Å²) in [7, 11) is -3.89. The van der Waals surface area contributed by atoms with E-state index in [1.807, 2.05) is 32.0 Å². The van der Waals surface area contributed by atoms with E-state index in [-0.39, 0.29) is 28.8 Å². The fourth-order valence-electron chi connectivity index (χ4n) is 4.60. The number of thioether (sulfide) groups is 1. The van der Waals surface area contributed by atoms with Crippen molar-refractivity contribution in [3.63, 3.8) is 0 Å². The average molecular weight is 673 g/mol. The van der Waals surface area contributed by atoms with Crippen LogP contribution < -0.4 is 10.2 Å². The van der Waals surface area contributed by atoms with Gasteiger partial charge in [-0.15, -0.1) is 5.10 Å². The lowest BCUT2D eigenvalue weighted by Gasteiger charge is -2.23. The van der Waals surface area contributed by atoms with Crippen LogP contribution in [-0.2, 0) is 19.4 Å². The van der Waals surface area contributed by atoms with E-state index in [0.29, 0.717) is 28.2 Å². The highest BCUT2D eigenvalue weighted by atomic mass is 32.2. The molecule has 1 aliphatic rings. The lowest BCUT2D eigenvalue weighted by atomic mass is 10.0. The van der Waals surface area contributed by atoms with Crippen molar-refractivity contribution in [3.8, 4) is 17.1 Å². The molecule has 3 aromatic carbocycles. The monoisotopic (exact) mass is 672 g/mol. The number of urea groups is 1. The summed E-state index contributed by atoms with van der Waals surface area (Å²) in [4.78, 5) is 34.9. The zero-order valence-corrected chi connectivity index (χ0v) is 26.5. The van der Waals surface area contributed by atoms with Crippen molar-refractivity contribution < 1.29 is 35.9 Å². The normalized spacial score (nSPS) is 15.4. The predicted molar refractivity (Wildman–Crippen MR) is 168 cm³/mol. The van der Waals surface area contributed by atoms with Gasteiger partial charge in [0.05, 0.1) is 28.1 Å². The minimum atomic E-state index is -5.47. The largest absolute Gasteiger partial charge is 0.501 e. The Morgan fingerprint density at radius 1 is 1.09 bits per heavy atom. The summed E-state index contributed by atoms with van der Waals surface area (Å²) in [5, 5.41) is 7.33. The number of halogens is 3. The second-order valence-electron chi connectivity index (χ2n) is 10.3. The molecule has 46 heavy (non-hydrogen) atoms. The number of alkyl halides is 3. The van der Waals surface area contributed by atoms with Crippen LogP contribution in [-0.4, -0.2) is 58.7 Å². The van der Waals surface area contributed by atoms with Crippen molar-refractivity contribution in [2.24, 2.45) is 4.99 Å². The van der Waals surface area contributed by atoms with Crippen LogP contribution in [0.5, 0.6) is 0 Å². The molecule has 1 N–H and O–H groups in total. The summed E-state index contributed by atoms with van der Waals surface area (Å²) in [5.74, 6) is 0.204. The molecule has 11 nitrogen and oxygen atoms in total. The van der Waals surface area contributed by atoms with Crippen LogP contribution in [0, 0.1) is 13.8 Å². The van der Waals surface area contributed by atoms with E-state index in [1.54, 1.807) is 32.2 Å². The van der Waals surface area contributed by atoms with E-state index in [4.69, 9.17) is 4.74 Å². The molecule has 240 valence electrons. The molecule has 0 radical (unpaired) electrons. The third-order valence-electron chi connectivity index (χ3n) is 7.12. The second-order valence-corrected chi connectivity index (χ2v) is 13.2. The lowest BCUT2D eigenvalue weighted by Crippen LogP contribution is -2.31. The highest BCUT2D eigenvalue weighted by Gasteiger charge is 2.46. The van der Waals surface area contributed by atoms with Crippen molar-refractivity contribution in [1.82, 2.24) is 14.8 Å². The number of aryl methyl sites for hydroxylation is 2. The Hall–Kier alpha value is -4.54. The number of benzene rings is 3. The van der Waals surface area contributed by atoms with Crippen molar-refractivity contribution in [2.45, 2.75) is 37.3 Å². The van der Waals surface area contributed by atoms with Crippen LogP contribution in [0.1, 0.15) is 29.7 Å². The Bertz CT molecular complexity index is 1960. The summed E-state index contributed by atoms with van der Waals surface area (Å²) in [5.41, 5.74) is -1.09. The van der Waals surface area contributed by atoms with Crippen LogP contribution in [0.3, 0.4) is 0 Å². The minimum Gasteiger partial charge on any atom is -0.377 e. The van der Waals surface area contributed by atoms with Gasteiger partial charge in [0.25, 0.3) is 9.84 Å². The van der Waals surface area contributed by atoms with Gasteiger partial charge in [-0.05, 0) is 80.4 Å². The van der Waals surface area contributed by atoms with Crippen LogP contribution >= 0.6 is 11.8 Å². The number of ether oxygens (including phenoxy) is 1.